The normalized spacial score (nSPS) is 13.9. The van der Waals surface area contributed by atoms with E-state index in [-0.39, 0.29) is 0 Å². The maximum Gasteiger partial charge on any atom is 0.340 e. The molecule has 2 aromatic rings. The van der Waals surface area contributed by atoms with Crippen LogP contribution in [0.5, 0.6) is 0 Å². The van der Waals surface area contributed by atoms with Crippen LogP contribution in [0.3, 0.4) is 0 Å². The minimum absolute atomic E-state index is 0.306. The molecule has 0 unspecified atom stereocenters. The largest absolute Gasteiger partial charge is 0.465 e. The monoisotopic (exact) mass is 274 g/mol. The number of aromatic nitrogens is 4. The number of hydrogen-bond acceptors (Lipinski definition) is 7. The van der Waals surface area contributed by atoms with Gasteiger partial charge in [-0.2, -0.15) is 0 Å². The topological polar surface area (TPSA) is 99.2 Å². The molecule has 0 fully saturated rings. The van der Waals surface area contributed by atoms with Crippen LogP contribution in [0.25, 0.3) is 0 Å². The fourth-order valence-corrected chi connectivity index (χ4v) is 2.18. The molecule has 8 nitrogen and oxygen atoms in total. The zero-order valence-electron chi connectivity index (χ0n) is 11.0. The van der Waals surface area contributed by atoms with Crippen molar-refractivity contribution in [1.82, 2.24) is 19.7 Å². The highest BCUT2D eigenvalue weighted by atomic mass is 16.5. The summed E-state index contributed by atoms with van der Waals surface area (Å²) in [5.41, 5.74) is 6.38. The minimum Gasteiger partial charge on any atom is -0.465 e. The minimum atomic E-state index is -0.466. The van der Waals surface area contributed by atoms with Crippen molar-refractivity contribution in [3.63, 3.8) is 0 Å². The van der Waals surface area contributed by atoms with E-state index in [1.807, 2.05) is 9.47 Å². The van der Waals surface area contributed by atoms with Crippen LogP contribution in [-0.2, 0) is 17.8 Å². The molecule has 0 amide bonds. The molecule has 0 saturated heterocycles. The number of anilines is 2. The van der Waals surface area contributed by atoms with Crippen molar-refractivity contribution in [2.75, 3.05) is 24.3 Å². The van der Waals surface area contributed by atoms with E-state index in [9.17, 15) is 4.79 Å². The van der Waals surface area contributed by atoms with Crippen LogP contribution in [0.2, 0.25) is 0 Å². The van der Waals surface area contributed by atoms with Crippen molar-refractivity contribution >= 4 is 17.5 Å². The van der Waals surface area contributed by atoms with Gasteiger partial charge in [-0.3, -0.25) is 0 Å². The Kier molecular flexibility index (Phi) is 2.97. The molecular formula is C12H14N6O2. The molecule has 104 valence electrons. The molecule has 1 aliphatic rings. The Balaban J connectivity index is 1.90. The van der Waals surface area contributed by atoms with Crippen molar-refractivity contribution in [2.45, 2.75) is 13.1 Å². The standard InChI is InChI=1S/C12H14N6O2/c1-20-12(19)8-4-10(14-5-9(8)13)17-2-3-18-7-15-16-11(18)6-17/h4-5,7H,2-3,6,13H2,1H3. The average Bonchev–Trinajstić information content (AvgIpc) is 2.94. The van der Waals surface area contributed by atoms with E-state index >= 15 is 0 Å². The van der Waals surface area contributed by atoms with E-state index in [1.165, 1.54) is 13.3 Å². The zero-order chi connectivity index (χ0) is 14.1. The lowest BCUT2D eigenvalue weighted by Crippen LogP contribution is -2.34. The molecule has 0 aromatic carbocycles. The highest BCUT2D eigenvalue weighted by Gasteiger charge is 2.20. The van der Waals surface area contributed by atoms with Crippen LogP contribution in [-0.4, -0.2) is 39.4 Å². The third kappa shape index (κ3) is 2.04. The van der Waals surface area contributed by atoms with Crippen LogP contribution in [0.15, 0.2) is 18.6 Å². The number of nitrogens with two attached hydrogens (primary N) is 1. The maximum absolute atomic E-state index is 11.7. The van der Waals surface area contributed by atoms with E-state index < -0.39 is 5.97 Å². The van der Waals surface area contributed by atoms with Gasteiger partial charge >= 0.3 is 5.97 Å². The molecule has 20 heavy (non-hydrogen) atoms. The molecule has 0 bridgehead atoms. The van der Waals surface area contributed by atoms with Gasteiger partial charge in [0.15, 0.2) is 5.82 Å². The second-order valence-electron chi connectivity index (χ2n) is 4.48. The van der Waals surface area contributed by atoms with Crippen molar-refractivity contribution < 1.29 is 9.53 Å². The van der Waals surface area contributed by atoms with E-state index in [4.69, 9.17) is 10.5 Å². The van der Waals surface area contributed by atoms with Crippen molar-refractivity contribution in [2.24, 2.45) is 0 Å². The Morgan fingerprint density at radius 1 is 1.45 bits per heavy atom. The van der Waals surface area contributed by atoms with Crippen molar-refractivity contribution in [3.05, 3.63) is 30.0 Å². The first-order valence-electron chi connectivity index (χ1n) is 6.14. The number of pyridine rings is 1. The molecule has 0 spiro atoms. The predicted molar refractivity (Wildman–Crippen MR) is 71.1 cm³/mol. The third-order valence-corrected chi connectivity index (χ3v) is 3.29. The summed E-state index contributed by atoms with van der Waals surface area (Å²) >= 11 is 0. The number of hydrogen-bond donors (Lipinski definition) is 1. The maximum atomic E-state index is 11.7. The second kappa shape index (κ2) is 4.80. The first kappa shape index (κ1) is 12.4. The van der Waals surface area contributed by atoms with Gasteiger partial charge in [0.05, 0.1) is 31.1 Å². The van der Waals surface area contributed by atoms with Crippen LogP contribution >= 0.6 is 0 Å². The molecule has 0 aliphatic carbocycles. The fraction of sp³-hybridized carbons (Fsp3) is 0.333. The number of nitrogen functional groups attached to an aromatic ring is 1. The number of carbonyl (C=O) groups excluding carboxylic acids is 1. The lowest BCUT2D eigenvalue weighted by atomic mass is 10.2. The summed E-state index contributed by atoms with van der Waals surface area (Å²) in [6, 6.07) is 1.65. The Hall–Kier alpha value is -2.64. The number of rotatable bonds is 2. The van der Waals surface area contributed by atoms with Gasteiger partial charge in [0.25, 0.3) is 0 Å². The molecule has 2 aromatic heterocycles. The number of carbonyl (C=O) groups is 1. The van der Waals surface area contributed by atoms with Crippen LogP contribution in [0, 0.1) is 0 Å². The Morgan fingerprint density at radius 3 is 3.10 bits per heavy atom. The summed E-state index contributed by atoms with van der Waals surface area (Å²) in [5, 5.41) is 7.93. The Bertz CT molecular complexity index is 653. The molecule has 1 aliphatic heterocycles. The van der Waals surface area contributed by atoms with Crippen LogP contribution in [0.4, 0.5) is 11.5 Å². The molecule has 0 saturated carbocycles. The Morgan fingerprint density at radius 2 is 2.30 bits per heavy atom. The van der Waals surface area contributed by atoms with Gasteiger partial charge in [-0.05, 0) is 6.07 Å². The molecule has 0 radical (unpaired) electrons. The lowest BCUT2D eigenvalue weighted by Gasteiger charge is -2.28. The molecular weight excluding hydrogens is 260 g/mol. The van der Waals surface area contributed by atoms with Crippen molar-refractivity contribution in [1.29, 1.82) is 0 Å². The number of methoxy groups -OCH3 is 1. The van der Waals surface area contributed by atoms with Crippen LogP contribution in [0.1, 0.15) is 16.2 Å². The molecule has 3 heterocycles. The summed E-state index contributed by atoms with van der Waals surface area (Å²) in [4.78, 5) is 17.9. The summed E-state index contributed by atoms with van der Waals surface area (Å²) in [5.74, 6) is 1.08. The molecule has 2 N–H and O–H groups in total. The average molecular weight is 274 g/mol. The van der Waals surface area contributed by atoms with E-state index in [0.717, 1.165) is 18.9 Å². The van der Waals surface area contributed by atoms with Gasteiger partial charge in [0.2, 0.25) is 0 Å². The first-order chi connectivity index (χ1) is 9.69. The SMILES string of the molecule is COC(=O)c1cc(N2CCn3cnnc3C2)ncc1N. The first-order valence-corrected chi connectivity index (χ1v) is 6.14. The number of esters is 1. The van der Waals surface area contributed by atoms with Gasteiger partial charge in [-0.25, -0.2) is 9.78 Å². The smallest absolute Gasteiger partial charge is 0.340 e. The van der Waals surface area contributed by atoms with Crippen molar-refractivity contribution in [3.8, 4) is 0 Å². The van der Waals surface area contributed by atoms with Gasteiger partial charge in [0.1, 0.15) is 12.1 Å². The van der Waals surface area contributed by atoms with E-state index in [1.54, 1.807) is 12.4 Å². The zero-order valence-corrected chi connectivity index (χ0v) is 11.0. The van der Waals surface area contributed by atoms with Gasteiger partial charge < -0.3 is 19.9 Å². The summed E-state index contributed by atoms with van der Waals surface area (Å²) in [6.45, 7) is 2.14. The fourth-order valence-electron chi connectivity index (χ4n) is 2.18. The number of nitrogens with zero attached hydrogens (tertiary/aromatic N) is 5. The highest BCUT2D eigenvalue weighted by Crippen LogP contribution is 2.22. The van der Waals surface area contributed by atoms with E-state index in [0.29, 0.717) is 23.6 Å². The van der Waals surface area contributed by atoms with E-state index in [2.05, 4.69) is 15.2 Å². The Labute approximate surface area is 115 Å². The second-order valence-corrected chi connectivity index (χ2v) is 4.48. The number of fused-ring (bicyclic) bond motifs is 1. The third-order valence-electron chi connectivity index (χ3n) is 3.29. The quantitative estimate of drug-likeness (QED) is 0.773. The predicted octanol–water partition coefficient (Wildman–Crippen LogP) is 0.0621. The molecule has 8 heteroatoms. The molecule has 3 rings (SSSR count). The van der Waals surface area contributed by atoms with Gasteiger partial charge in [-0.15, -0.1) is 10.2 Å². The summed E-state index contributed by atoms with van der Waals surface area (Å²) in [6.07, 6.45) is 3.18. The van der Waals surface area contributed by atoms with Crippen LogP contribution < -0.4 is 10.6 Å². The summed E-state index contributed by atoms with van der Waals surface area (Å²) in [7, 11) is 1.32. The lowest BCUT2D eigenvalue weighted by molar-refractivity contribution is 0.0602. The summed E-state index contributed by atoms with van der Waals surface area (Å²) < 4.78 is 6.71. The van der Waals surface area contributed by atoms with Gasteiger partial charge in [-0.1, -0.05) is 0 Å². The highest BCUT2D eigenvalue weighted by molar-refractivity contribution is 5.95. The molecule has 0 atom stereocenters. The van der Waals surface area contributed by atoms with Gasteiger partial charge in [0, 0.05) is 13.1 Å². The number of ether oxygens (including phenoxy) is 1.